The molecule has 0 N–H and O–H groups in total. The minimum absolute atomic E-state index is 0.312. The predicted octanol–water partition coefficient (Wildman–Crippen LogP) is 1.07. The molecule has 5 heteroatoms. The zero-order valence-electron chi connectivity index (χ0n) is 6.27. The van der Waals surface area contributed by atoms with Crippen molar-refractivity contribution in [1.29, 1.82) is 0 Å². The Hall–Kier alpha value is -1.36. The van der Waals surface area contributed by atoms with Crippen molar-refractivity contribution in [3.05, 3.63) is 17.0 Å². The van der Waals surface area contributed by atoms with Crippen LogP contribution in [-0.2, 0) is 9.53 Å². The molecule has 0 radical (unpaired) electrons. The highest BCUT2D eigenvalue weighted by atomic mass is 32.1. The van der Waals surface area contributed by atoms with Crippen molar-refractivity contribution in [3.63, 3.8) is 0 Å². The summed E-state index contributed by atoms with van der Waals surface area (Å²) < 4.78 is 8.96. The predicted molar refractivity (Wildman–Crippen MR) is 42.4 cm³/mol. The van der Waals surface area contributed by atoms with Gasteiger partial charge in [0.05, 0.1) is 12.7 Å². The minimum Gasteiger partial charge on any atom is -0.465 e. The van der Waals surface area contributed by atoms with E-state index in [1.54, 1.807) is 5.38 Å². The first kappa shape index (κ1) is 8.73. The van der Waals surface area contributed by atoms with Crippen molar-refractivity contribution in [3.8, 4) is 5.06 Å². The summed E-state index contributed by atoms with van der Waals surface area (Å²) in [6, 6.07) is 1.45. The molecule has 0 bridgehead atoms. The Morgan fingerprint density at radius 1 is 1.67 bits per heavy atom. The lowest BCUT2D eigenvalue weighted by atomic mass is 10.3. The maximum absolute atomic E-state index is 10.9. The van der Waals surface area contributed by atoms with Crippen molar-refractivity contribution in [2.75, 3.05) is 7.11 Å². The van der Waals surface area contributed by atoms with Gasteiger partial charge in [0, 0.05) is 11.4 Å². The second-order valence-corrected chi connectivity index (χ2v) is 2.73. The van der Waals surface area contributed by atoms with Crippen molar-refractivity contribution < 1.29 is 19.1 Å². The van der Waals surface area contributed by atoms with Gasteiger partial charge in [0.25, 0.3) is 6.47 Å². The third kappa shape index (κ3) is 1.82. The van der Waals surface area contributed by atoms with Crippen LogP contribution in [0, 0.1) is 0 Å². The fraction of sp³-hybridized carbons (Fsp3) is 0.143. The van der Waals surface area contributed by atoms with Gasteiger partial charge in [-0.3, -0.25) is 4.79 Å². The maximum atomic E-state index is 10.9. The summed E-state index contributed by atoms with van der Waals surface area (Å²) in [7, 11) is 1.29. The molecule has 0 aromatic carbocycles. The highest BCUT2D eigenvalue weighted by Gasteiger charge is 2.08. The number of hydrogen-bond donors (Lipinski definition) is 0. The van der Waals surface area contributed by atoms with Crippen LogP contribution in [-0.4, -0.2) is 19.6 Å². The topological polar surface area (TPSA) is 52.6 Å². The van der Waals surface area contributed by atoms with Crippen molar-refractivity contribution in [1.82, 2.24) is 0 Å². The third-order valence-corrected chi connectivity index (χ3v) is 1.98. The average molecular weight is 186 g/mol. The molecule has 0 aliphatic rings. The Kier molecular flexibility index (Phi) is 2.82. The molecule has 12 heavy (non-hydrogen) atoms. The van der Waals surface area contributed by atoms with E-state index in [4.69, 9.17) is 0 Å². The van der Waals surface area contributed by atoms with Crippen LogP contribution in [0.1, 0.15) is 10.4 Å². The Morgan fingerprint density at radius 2 is 2.42 bits per heavy atom. The first-order valence-corrected chi connectivity index (χ1v) is 3.93. The van der Waals surface area contributed by atoms with E-state index in [1.807, 2.05) is 0 Å². The molecule has 1 heterocycles. The molecule has 0 fully saturated rings. The second-order valence-electron chi connectivity index (χ2n) is 1.86. The molecule has 0 unspecified atom stereocenters. The molecule has 1 rings (SSSR count). The molecule has 0 amide bonds. The van der Waals surface area contributed by atoms with Gasteiger partial charge in [0.2, 0.25) is 0 Å². The van der Waals surface area contributed by atoms with Crippen LogP contribution in [0.3, 0.4) is 0 Å². The van der Waals surface area contributed by atoms with Crippen molar-refractivity contribution >= 4 is 23.8 Å². The molecular formula is C7H6O4S. The summed E-state index contributed by atoms with van der Waals surface area (Å²) in [6.45, 7) is 0.312. The summed E-state index contributed by atoms with van der Waals surface area (Å²) >= 11 is 1.16. The number of carbonyl (C=O) groups is 2. The van der Waals surface area contributed by atoms with Gasteiger partial charge in [-0.1, -0.05) is 0 Å². The molecule has 0 atom stereocenters. The molecular weight excluding hydrogens is 180 g/mol. The maximum Gasteiger partial charge on any atom is 0.338 e. The average Bonchev–Trinajstić information content (AvgIpc) is 2.52. The fourth-order valence-corrected chi connectivity index (χ4v) is 1.35. The van der Waals surface area contributed by atoms with E-state index in [1.165, 1.54) is 13.2 Å². The molecule has 1 aromatic rings. The van der Waals surface area contributed by atoms with Crippen LogP contribution in [0.25, 0.3) is 0 Å². The Balaban J connectivity index is 2.76. The number of methoxy groups -OCH3 is 1. The quantitative estimate of drug-likeness (QED) is 0.523. The van der Waals surface area contributed by atoms with E-state index >= 15 is 0 Å². The lowest BCUT2D eigenvalue weighted by Crippen LogP contribution is -1.98. The monoisotopic (exact) mass is 186 g/mol. The van der Waals surface area contributed by atoms with Crippen molar-refractivity contribution in [2.24, 2.45) is 0 Å². The van der Waals surface area contributed by atoms with Gasteiger partial charge in [0.15, 0.2) is 5.06 Å². The number of rotatable bonds is 3. The Bertz CT molecular complexity index is 291. The smallest absolute Gasteiger partial charge is 0.338 e. The number of thiophene rings is 1. The van der Waals surface area contributed by atoms with Gasteiger partial charge in [-0.2, -0.15) is 0 Å². The molecule has 0 aliphatic carbocycles. The molecule has 4 nitrogen and oxygen atoms in total. The summed E-state index contributed by atoms with van der Waals surface area (Å²) in [5.41, 5.74) is 0.388. The van der Waals surface area contributed by atoms with E-state index in [9.17, 15) is 9.59 Å². The van der Waals surface area contributed by atoms with Crippen LogP contribution in [0.15, 0.2) is 11.4 Å². The van der Waals surface area contributed by atoms with Gasteiger partial charge >= 0.3 is 5.97 Å². The number of ether oxygens (including phenoxy) is 2. The summed E-state index contributed by atoms with van der Waals surface area (Å²) in [5.74, 6) is -0.438. The molecule has 0 saturated carbocycles. The van der Waals surface area contributed by atoms with Crippen LogP contribution in [0.2, 0.25) is 0 Å². The fourth-order valence-electron chi connectivity index (χ4n) is 0.651. The molecule has 0 aliphatic heterocycles. The lowest BCUT2D eigenvalue weighted by Gasteiger charge is -1.91. The highest BCUT2D eigenvalue weighted by Crippen LogP contribution is 2.22. The second kappa shape index (κ2) is 3.87. The highest BCUT2D eigenvalue weighted by molar-refractivity contribution is 7.12. The summed E-state index contributed by atoms with van der Waals surface area (Å²) in [5, 5.41) is 1.94. The molecule has 64 valence electrons. The SMILES string of the molecule is COC(=O)c1csc(OC=O)c1. The van der Waals surface area contributed by atoms with Gasteiger partial charge in [-0.25, -0.2) is 4.79 Å². The van der Waals surface area contributed by atoms with E-state index in [0.717, 1.165) is 11.3 Å². The number of esters is 1. The van der Waals surface area contributed by atoms with E-state index in [2.05, 4.69) is 9.47 Å². The largest absolute Gasteiger partial charge is 0.465 e. The Morgan fingerprint density at radius 3 is 3.00 bits per heavy atom. The van der Waals surface area contributed by atoms with E-state index < -0.39 is 5.97 Å². The van der Waals surface area contributed by atoms with E-state index in [0.29, 0.717) is 17.1 Å². The van der Waals surface area contributed by atoms with E-state index in [-0.39, 0.29) is 0 Å². The van der Waals surface area contributed by atoms with Crippen molar-refractivity contribution in [2.45, 2.75) is 0 Å². The minimum atomic E-state index is -0.438. The molecule has 1 aromatic heterocycles. The zero-order valence-corrected chi connectivity index (χ0v) is 7.09. The molecule has 0 saturated heterocycles. The van der Waals surface area contributed by atoms with Crippen LogP contribution < -0.4 is 4.74 Å². The lowest BCUT2D eigenvalue weighted by molar-refractivity contribution is -0.120. The van der Waals surface area contributed by atoms with Gasteiger partial charge in [-0.15, -0.1) is 11.3 Å². The third-order valence-electron chi connectivity index (χ3n) is 1.16. The summed E-state index contributed by atoms with van der Waals surface area (Å²) in [6.07, 6.45) is 0. The standard InChI is InChI=1S/C7H6O4S/c1-10-7(9)5-2-6(11-4-8)12-3-5/h2-4H,1H3. The normalized spacial score (nSPS) is 9.08. The van der Waals surface area contributed by atoms with Gasteiger partial charge in [0.1, 0.15) is 0 Å². The van der Waals surface area contributed by atoms with Gasteiger partial charge in [-0.05, 0) is 0 Å². The molecule has 0 spiro atoms. The zero-order chi connectivity index (χ0) is 8.97. The number of carbonyl (C=O) groups excluding carboxylic acids is 2. The summed E-state index contributed by atoms with van der Waals surface area (Å²) in [4.78, 5) is 20.8. The first-order chi connectivity index (χ1) is 5.77. The van der Waals surface area contributed by atoms with Crippen LogP contribution in [0.5, 0.6) is 5.06 Å². The first-order valence-electron chi connectivity index (χ1n) is 3.05. The number of hydrogen-bond acceptors (Lipinski definition) is 5. The van der Waals surface area contributed by atoms with Crippen LogP contribution >= 0.6 is 11.3 Å². The Labute approximate surface area is 72.7 Å². The van der Waals surface area contributed by atoms with Crippen LogP contribution in [0.4, 0.5) is 0 Å². The van der Waals surface area contributed by atoms with Gasteiger partial charge < -0.3 is 9.47 Å².